The number of tetrazole rings is 1. The largest absolute Gasteiger partial charge is 0.368 e. The third-order valence-corrected chi connectivity index (χ3v) is 5.35. The molecule has 2 aromatic carbocycles. The highest BCUT2D eigenvalue weighted by Crippen LogP contribution is 2.24. The molecule has 0 fully saturated rings. The molecule has 3 N–H and O–H groups in total. The topological polar surface area (TPSA) is 120 Å². The van der Waals surface area contributed by atoms with Crippen molar-refractivity contribution < 1.29 is 0 Å². The standard InChI is InChI=1S/C19H18ClN9S/c1-2-12-5-3-4-6-15(12)22-18-24-16(23-17(21)25-18)11-30-19-26-27-28-29(19)14-9-7-13(20)8-10-14/h3-10H,2,11H2,1H3,(H3,21,22,23,24,25). The summed E-state index contributed by atoms with van der Waals surface area (Å²) in [7, 11) is 0. The molecule has 4 aromatic rings. The van der Waals surface area contributed by atoms with Gasteiger partial charge in [0.1, 0.15) is 5.82 Å². The molecule has 30 heavy (non-hydrogen) atoms. The molecule has 4 rings (SSSR count). The van der Waals surface area contributed by atoms with Gasteiger partial charge in [-0.15, -0.1) is 5.10 Å². The summed E-state index contributed by atoms with van der Waals surface area (Å²) >= 11 is 7.35. The van der Waals surface area contributed by atoms with Gasteiger partial charge in [0.2, 0.25) is 17.1 Å². The number of hydrogen-bond donors (Lipinski definition) is 2. The molecule has 9 nitrogen and oxygen atoms in total. The number of rotatable bonds is 7. The number of nitrogen functional groups attached to an aromatic ring is 1. The minimum atomic E-state index is 0.148. The fraction of sp³-hybridized carbons (Fsp3) is 0.158. The molecular weight excluding hydrogens is 422 g/mol. The van der Waals surface area contributed by atoms with E-state index in [1.165, 1.54) is 11.8 Å². The van der Waals surface area contributed by atoms with Crippen LogP contribution in [0.4, 0.5) is 17.6 Å². The van der Waals surface area contributed by atoms with Crippen LogP contribution in [0.5, 0.6) is 0 Å². The highest BCUT2D eigenvalue weighted by molar-refractivity contribution is 7.98. The molecule has 2 heterocycles. The third kappa shape index (κ3) is 4.66. The zero-order valence-electron chi connectivity index (χ0n) is 16.0. The summed E-state index contributed by atoms with van der Waals surface area (Å²) in [5.41, 5.74) is 8.81. The Morgan fingerprint density at radius 3 is 2.67 bits per heavy atom. The molecule has 0 aliphatic rings. The van der Waals surface area contributed by atoms with Gasteiger partial charge >= 0.3 is 0 Å². The second-order valence-corrected chi connectivity index (χ2v) is 7.59. The minimum absolute atomic E-state index is 0.148. The lowest BCUT2D eigenvalue weighted by Crippen LogP contribution is -2.07. The average Bonchev–Trinajstić information content (AvgIpc) is 3.21. The summed E-state index contributed by atoms with van der Waals surface area (Å²) in [6, 6.07) is 15.2. The Hall–Kier alpha value is -3.24. The quantitative estimate of drug-likeness (QED) is 0.415. The predicted octanol–water partition coefficient (Wildman–Crippen LogP) is 3.68. The first kappa shape index (κ1) is 20.0. The summed E-state index contributed by atoms with van der Waals surface area (Å²) in [6.45, 7) is 2.09. The maximum atomic E-state index is 5.95. The lowest BCUT2D eigenvalue weighted by Gasteiger charge is -2.10. The van der Waals surface area contributed by atoms with Crippen LogP contribution in [-0.4, -0.2) is 35.2 Å². The van der Waals surface area contributed by atoms with Gasteiger partial charge in [-0.05, 0) is 52.7 Å². The Morgan fingerprint density at radius 2 is 1.87 bits per heavy atom. The average molecular weight is 440 g/mol. The van der Waals surface area contributed by atoms with Crippen LogP contribution in [0.1, 0.15) is 18.3 Å². The number of halogens is 1. The van der Waals surface area contributed by atoms with Gasteiger partial charge in [0.25, 0.3) is 0 Å². The summed E-state index contributed by atoms with van der Waals surface area (Å²) in [5, 5.41) is 16.4. The van der Waals surface area contributed by atoms with Crippen LogP contribution in [0.25, 0.3) is 5.69 Å². The van der Waals surface area contributed by atoms with Gasteiger partial charge in [0.15, 0.2) is 0 Å². The molecule has 11 heteroatoms. The van der Waals surface area contributed by atoms with Crippen molar-refractivity contribution >= 4 is 40.9 Å². The number of aryl methyl sites for hydroxylation is 1. The summed E-state index contributed by atoms with van der Waals surface area (Å²) in [4.78, 5) is 12.9. The number of aromatic nitrogens is 7. The summed E-state index contributed by atoms with van der Waals surface area (Å²) in [6.07, 6.45) is 0.889. The fourth-order valence-electron chi connectivity index (χ4n) is 2.77. The van der Waals surface area contributed by atoms with Crippen LogP contribution < -0.4 is 11.1 Å². The van der Waals surface area contributed by atoms with Crippen molar-refractivity contribution in [2.45, 2.75) is 24.3 Å². The van der Waals surface area contributed by atoms with Crippen molar-refractivity contribution in [2.75, 3.05) is 11.1 Å². The number of hydrogen-bond acceptors (Lipinski definition) is 9. The molecule has 0 aliphatic carbocycles. The number of nitrogens with one attached hydrogen (secondary N) is 1. The second kappa shape index (κ2) is 9.06. The van der Waals surface area contributed by atoms with Crippen LogP contribution in [-0.2, 0) is 12.2 Å². The van der Waals surface area contributed by atoms with E-state index in [4.69, 9.17) is 17.3 Å². The monoisotopic (exact) mass is 439 g/mol. The molecule has 0 amide bonds. The van der Waals surface area contributed by atoms with Gasteiger partial charge in [-0.25, -0.2) is 0 Å². The first-order chi connectivity index (χ1) is 14.6. The van der Waals surface area contributed by atoms with E-state index in [-0.39, 0.29) is 5.95 Å². The van der Waals surface area contributed by atoms with Crippen LogP contribution >= 0.6 is 23.4 Å². The number of benzene rings is 2. The zero-order valence-corrected chi connectivity index (χ0v) is 17.6. The van der Waals surface area contributed by atoms with Crippen molar-refractivity contribution in [3.05, 3.63) is 64.9 Å². The van der Waals surface area contributed by atoms with E-state index in [1.54, 1.807) is 16.8 Å². The van der Waals surface area contributed by atoms with Gasteiger partial charge in [-0.1, -0.05) is 48.5 Å². The zero-order chi connectivity index (χ0) is 20.9. The Bertz CT molecular complexity index is 1150. The van der Waals surface area contributed by atoms with E-state index in [2.05, 4.69) is 48.8 Å². The molecule has 0 unspecified atom stereocenters. The third-order valence-electron chi connectivity index (χ3n) is 4.19. The number of para-hydroxylation sites is 1. The predicted molar refractivity (Wildman–Crippen MR) is 117 cm³/mol. The molecule has 0 saturated carbocycles. The summed E-state index contributed by atoms with van der Waals surface area (Å²) in [5.74, 6) is 1.49. The van der Waals surface area contributed by atoms with E-state index < -0.39 is 0 Å². The highest BCUT2D eigenvalue weighted by atomic mass is 35.5. The van der Waals surface area contributed by atoms with Gasteiger partial charge in [0, 0.05) is 10.7 Å². The number of anilines is 3. The van der Waals surface area contributed by atoms with Crippen molar-refractivity contribution in [3.63, 3.8) is 0 Å². The molecule has 0 bridgehead atoms. The first-order valence-electron chi connectivity index (χ1n) is 9.15. The lowest BCUT2D eigenvalue weighted by molar-refractivity contribution is 0.756. The fourth-order valence-corrected chi connectivity index (χ4v) is 3.64. The number of nitrogens with two attached hydrogens (primary N) is 1. The van der Waals surface area contributed by atoms with Crippen molar-refractivity contribution in [3.8, 4) is 5.69 Å². The van der Waals surface area contributed by atoms with Crippen molar-refractivity contribution in [1.29, 1.82) is 0 Å². The minimum Gasteiger partial charge on any atom is -0.368 e. The maximum Gasteiger partial charge on any atom is 0.232 e. The molecular formula is C19H18ClN9S. The molecule has 0 atom stereocenters. The molecule has 0 spiro atoms. The lowest BCUT2D eigenvalue weighted by atomic mass is 10.1. The highest BCUT2D eigenvalue weighted by Gasteiger charge is 2.12. The molecule has 152 valence electrons. The van der Waals surface area contributed by atoms with Crippen LogP contribution in [0.3, 0.4) is 0 Å². The van der Waals surface area contributed by atoms with Crippen molar-refractivity contribution in [2.24, 2.45) is 0 Å². The smallest absolute Gasteiger partial charge is 0.232 e. The molecule has 2 aromatic heterocycles. The number of thioether (sulfide) groups is 1. The van der Waals surface area contributed by atoms with Gasteiger partial charge < -0.3 is 11.1 Å². The second-order valence-electron chi connectivity index (χ2n) is 6.21. The molecule has 0 aliphatic heterocycles. The van der Waals surface area contributed by atoms with Gasteiger partial charge in [-0.2, -0.15) is 19.6 Å². The normalized spacial score (nSPS) is 10.9. The van der Waals surface area contributed by atoms with E-state index in [9.17, 15) is 0 Å². The van der Waals surface area contributed by atoms with E-state index in [1.807, 2.05) is 30.3 Å². The maximum absolute atomic E-state index is 5.95. The Kier molecular flexibility index (Phi) is 6.05. The van der Waals surface area contributed by atoms with E-state index in [0.717, 1.165) is 23.4 Å². The van der Waals surface area contributed by atoms with Crippen LogP contribution in [0, 0.1) is 0 Å². The SMILES string of the molecule is CCc1ccccc1Nc1nc(N)nc(CSc2nnnn2-c2ccc(Cl)cc2)n1. The Morgan fingerprint density at radius 1 is 1.07 bits per heavy atom. The van der Waals surface area contributed by atoms with Crippen molar-refractivity contribution in [1.82, 2.24) is 35.2 Å². The molecule has 0 radical (unpaired) electrons. The Balaban J connectivity index is 1.51. The number of nitrogens with zero attached hydrogens (tertiary/aromatic N) is 7. The summed E-state index contributed by atoms with van der Waals surface area (Å²) < 4.78 is 1.63. The van der Waals surface area contributed by atoms with Crippen LogP contribution in [0.15, 0.2) is 53.7 Å². The Labute approximate surface area is 182 Å². The van der Waals surface area contributed by atoms with E-state index >= 15 is 0 Å². The first-order valence-corrected chi connectivity index (χ1v) is 10.5. The van der Waals surface area contributed by atoms with Crippen LogP contribution in [0.2, 0.25) is 5.02 Å². The van der Waals surface area contributed by atoms with Gasteiger partial charge in [-0.3, -0.25) is 0 Å². The van der Waals surface area contributed by atoms with E-state index in [0.29, 0.717) is 27.7 Å². The molecule has 0 saturated heterocycles. The van der Waals surface area contributed by atoms with Gasteiger partial charge in [0.05, 0.1) is 11.4 Å².